The number of carbonyl (C=O) groups excluding carboxylic acids is 1. The van der Waals surface area contributed by atoms with Gasteiger partial charge in [0.1, 0.15) is 0 Å². The number of likely N-dealkylation sites (tertiary alicyclic amines) is 1. The molecule has 1 saturated heterocycles. The molecule has 0 spiro atoms. The van der Waals surface area contributed by atoms with Crippen LogP contribution in [0.3, 0.4) is 0 Å². The molecule has 58 valence electrons. The predicted octanol–water partition coefficient (Wildman–Crippen LogP) is 0.143. The van der Waals surface area contributed by atoms with Gasteiger partial charge in [0.15, 0.2) is 6.23 Å². The normalized spacial score (nSPS) is 26.0. The van der Waals surface area contributed by atoms with Gasteiger partial charge in [0.2, 0.25) is 5.91 Å². The summed E-state index contributed by atoms with van der Waals surface area (Å²) in [6.45, 7) is 0. The first kappa shape index (κ1) is 7.50. The highest BCUT2D eigenvalue weighted by atomic mass is 17.2. The monoisotopic (exact) mass is 145 g/mol. The first-order valence-corrected chi connectivity index (χ1v) is 3.21. The third-order valence-electron chi connectivity index (χ3n) is 1.64. The number of hydrogen-bond acceptors (Lipinski definition) is 3. The molecule has 10 heavy (non-hydrogen) atoms. The molecule has 0 bridgehead atoms. The second-order valence-electron chi connectivity index (χ2n) is 2.26. The number of hydrogen-bond donors (Lipinski definition) is 0. The average molecular weight is 145 g/mol. The van der Waals surface area contributed by atoms with E-state index in [2.05, 4.69) is 4.89 Å². The van der Waals surface area contributed by atoms with Crippen molar-refractivity contribution in [2.24, 2.45) is 0 Å². The van der Waals surface area contributed by atoms with Crippen molar-refractivity contribution in [1.29, 1.82) is 0 Å². The molecule has 1 heterocycles. The molecule has 0 aromatic carbocycles. The summed E-state index contributed by atoms with van der Waals surface area (Å²) < 4.78 is 0. The van der Waals surface area contributed by atoms with E-state index in [9.17, 15) is 4.79 Å². The highest BCUT2D eigenvalue weighted by Gasteiger charge is 2.28. The lowest BCUT2D eigenvalue weighted by Crippen LogP contribution is -2.30. The molecule has 0 aliphatic carbocycles. The van der Waals surface area contributed by atoms with E-state index in [4.69, 9.17) is 4.89 Å². The molecule has 0 N–H and O–H groups in total. The van der Waals surface area contributed by atoms with Crippen LogP contribution in [0.1, 0.15) is 12.8 Å². The summed E-state index contributed by atoms with van der Waals surface area (Å²) in [4.78, 5) is 21.6. The van der Waals surface area contributed by atoms with E-state index in [0.29, 0.717) is 6.42 Å². The van der Waals surface area contributed by atoms with Crippen LogP contribution in [-0.4, -0.2) is 31.2 Å². The summed E-state index contributed by atoms with van der Waals surface area (Å²) in [5, 5.41) is 0. The summed E-state index contributed by atoms with van der Waals surface area (Å²) in [7, 11) is 3.15. The van der Waals surface area contributed by atoms with Crippen LogP contribution in [-0.2, 0) is 14.6 Å². The van der Waals surface area contributed by atoms with E-state index < -0.39 is 0 Å². The average Bonchev–Trinajstić information content (AvgIpc) is 2.20. The van der Waals surface area contributed by atoms with E-state index in [1.165, 1.54) is 7.11 Å². The Balaban J connectivity index is 2.41. The Kier molecular flexibility index (Phi) is 2.24. The Labute approximate surface area is 59.6 Å². The van der Waals surface area contributed by atoms with Gasteiger partial charge in [0, 0.05) is 19.9 Å². The zero-order valence-corrected chi connectivity index (χ0v) is 6.16. The Hall–Kier alpha value is -0.610. The van der Waals surface area contributed by atoms with Crippen molar-refractivity contribution in [1.82, 2.24) is 4.90 Å². The lowest BCUT2D eigenvalue weighted by molar-refractivity contribution is -0.324. The molecule has 0 aromatic rings. The van der Waals surface area contributed by atoms with Crippen LogP contribution in [0.5, 0.6) is 0 Å². The van der Waals surface area contributed by atoms with Crippen molar-refractivity contribution in [3.8, 4) is 0 Å². The van der Waals surface area contributed by atoms with Gasteiger partial charge in [-0.05, 0) is 0 Å². The number of rotatable bonds is 2. The summed E-state index contributed by atoms with van der Waals surface area (Å²) in [5.74, 6) is 0.113. The van der Waals surface area contributed by atoms with Gasteiger partial charge in [-0.3, -0.25) is 4.79 Å². The Morgan fingerprint density at radius 2 is 2.40 bits per heavy atom. The second kappa shape index (κ2) is 2.98. The lowest BCUT2D eigenvalue weighted by atomic mass is 10.4. The largest absolute Gasteiger partial charge is 0.317 e. The van der Waals surface area contributed by atoms with Crippen molar-refractivity contribution in [3.63, 3.8) is 0 Å². The van der Waals surface area contributed by atoms with Crippen molar-refractivity contribution in [3.05, 3.63) is 0 Å². The Morgan fingerprint density at radius 3 is 2.80 bits per heavy atom. The highest BCUT2D eigenvalue weighted by molar-refractivity contribution is 5.78. The zero-order chi connectivity index (χ0) is 7.56. The molecule has 1 aliphatic rings. The van der Waals surface area contributed by atoms with Crippen molar-refractivity contribution < 1.29 is 14.6 Å². The van der Waals surface area contributed by atoms with Crippen LogP contribution in [0.25, 0.3) is 0 Å². The Bertz CT molecular complexity index is 137. The third kappa shape index (κ3) is 1.27. The van der Waals surface area contributed by atoms with Gasteiger partial charge in [-0.1, -0.05) is 0 Å². The maximum absolute atomic E-state index is 10.8. The van der Waals surface area contributed by atoms with Gasteiger partial charge in [-0.15, -0.1) is 0 Å². The Morgan fingerprint density at radius 1 is 1.70 bits per heavy atom. The molecule has 0 unspecified atom stereocenters. The fraction of sp³-hybridized carbons (Fsp3) is 0.833. The van der Waals surface area contributed by atoms with Crippen LogP contribution in [0.2, 0.25) is 0 Å². The molecule has 0 radical (unpaired) electrons. The second-order valence-corrected chi connectivity index (χ2v) is 2.26. The molecule has 1 fully saturated rings. The van der Waals surface area contributed by atoms with E-state index in [-0.39, 0.29) is 12.1 Å². The van der Waals surface area contributed by atoms with E-state index in [1.807, 2.05) is 0 Å². The SMILES string of the molecule is COO[C@@H]1CCC(=O)N1C. The van der Waals surface area contributed by atoms with Crippen LogP contribution in [0.4, 0.5) is 0 Å². The van der Waals surface area contributed by atoms with Gasteiger partial charge < -0.3 is 4.90 Å². The molecule has 4 heteroatoms. The molecule has 1 rings (SSSR count). The van der Waals surface area contributed by atoms with Gasteiger partial charge in [0.25, 0.3) is 0 Å². The molecular formula is C6H11NO3. The van der Waals surface area contributed by atoms with Gasteiger partial charge >= 0.3 is 0 Å². The maximum Gasteiger partial charge on any atom is 0.224 e. The van der Waals surface area contributed by atoms with Gasteiger partial charge in [0.05, 0.1) is 7.11 Å². The molecule has 1 atom stereocenters. The maximum atomic E-state index is 10.8. The van der Waals surface area contributed by atoms with Gasteiger partial charge in [-0.25, -0.2) is 9.78 Å². The minimum absolute atomic E-state index is 0.113. The van der Waals surface area contributed by atoms with Crippen molar-refractivity contribution in [2.45, 2.75) is 19.1 Å². The van der Waals surface area contributed by atoms with Gasteiger partial charge in [-0.2, -0.15) is 0 Å². The summed E-state index contributed by atoms with van der Waals surface area (Å²) >= 11 is 0. The fourth-order valence-electron chi connectivity index (χ4n) is 1.00. The summed E-state index contributed by atoms with van der Waals surface area (Å²) in [5.41, 5.74) is 0. The molecule has 0 aromatic heterocycles. The topological polar surface area (TPSA) is 38.8 Å². The van der Waals surface area contributed by atoms with Crippen LogP contribution in [0.15, 0.2) is 0 Å². The lowest BCUT2D eigenvalue weighted by Gasteiger charge is -2.16. The number of carbonyl (C=O) groups is 1. The zero-order valence-electron chi connectivity index (χ0n) is 6.16. The molecule has 0 saturated carbocycles. The van der Waals surface area contributed by atoms with E-state index in [1.54, 1.807) is 11.9 Å². The molecular weight excluding hydrogens is 134 g/mol. The molecule has 4 nitrogen and oxygen atoms in total. The standard InChI is InChI=1S/C6H11NO3/c1-7-5(8)3-4-6(7)10-9-2/h6H,3-4H2,1-2H3/t6-/m1/s1. The first-order chi connectivity index (χ1) is 4.75. The minimum atomic E-state index is -0.183. The van der Waals surface area contributed by atoms with Crippen LogP contribution in [0, 0.1) is 0 Å². The summed E-state index contributed by atoms with van der Waals surface area (Å²) in [6, 6.07) is 0. The third-order valence-corrected chi connectivity index (χ3v) is 1.64. The highest BCUT2D eigenvalue weighted by Crippen LogP contribution is 2.16. The van der Waals surface area contributed by atoms with Crippen molar-refractivity contribution >= 4 is 5.91 Å². The molecule has 1 amide bonds. The quantitative estimate of drug-likeness (QED) is 0.410. The predicted molar refractivity (Wildman–Crippen MR) is 33.9 cm³/mol. The van der Waals surface area contributed by atoms with Crippen LogP contribution >= 0.6 is 0 Å². The van der Waals surface area contributed by atoms with E-state index >= 15 is 0 Å². The molecule has 1 aliphatic heterocycles. The van der Waals surface area contributed by atoms with E-state index in [0.717, 1.165) is 6.42 Å². The fourth-order valence-corrected chi connectivity index (χ4v) is 1.00. The minimum Gasteiger partial charge on any atom is -0.317 e. The smallest absolute Gasteiger partial charge is 0.224 e. The van der Waals surface area contributed by atoms with Crippen molar-refractivity contribution in [2.75, 3.05) is 14.2 Å². The number of nitrogens with zero attached hydrogens (tertiary/aromatic N) is 1. The first-order valence-electron chi connectivity index (χ1n) is 3.21. The van der Waals surface area contributed by atoms with Crippen LogP contribution < -0.4 is 0 Å². The summed E-state index contributed by atoms with van der Waals surface area (Å²) in [6.07, 6.45) is 1.10. The number of amides is 1.